The smallest absolute Gasteiger partial charge is 0.246 e. The number of nitrogens with two attached hydrogens (primary N) is 1. The Bertz CT molecular complexity index is 789. The molecule has 1 aliphatic rings. The van der Waals surface area contributed by atoms with Crippen molar-refractivity contribution in [3.8, 4) is 5.75 Å². The molecule has 3 N–H and O–H groups in total. The number of ether oxygens (including phenoxy) is 2. The van der Waals surface area contributed by atoms with Crippen LogP contribution in [0.1, 0.15) is 11.6 Å². The topological polar surface area (TPSA) is 76.8 Å². The van der Waals surface area contributed by atoms with Crippen LogP contribution in [0.3, 0.4) is 0 Å². The standard InChI is InChI=1S/C19H22FN3O3.2ClH/c1-25-17-7-6-13(12-16(17)21)22-19(24)18(23-8-10-26-11-9-23)14-4-2-3-5-15(14)20;;/h2-7,12,18H,8-11,21H2,1H3,(H,22,24);2*1H. The molecule has 1 aliphatic heterocycles. The lowest BCUT2D eigenvalue weighted by atomic mass is 10.0. The Balaban J connectivity index is 0.00000196. The third-order valence-electron chi connectivity index (χ3n) is 4.36. The Morgan fingerprint density at radius 2 is 1.89 bits per heavy atom. The quantitative estimate of drug-likeness (QED) is 0.710. The van der Waals surface area contributed by atoms with E-state index in [9.17, 15) is 9.18 Å². The largest absolute Gasteiger partial charge is 0.495 e. The van der Waals surface area contributed by atoms with Crippen molar-refractivity contribution in [2.24, 2.45) is 0 Å². The molecule has 2 aromatic carbocycles. The highest BCUT2D eigenvalue weighted by Gasteiger charge is 2.31. The van der Waals surface area contributed by atoms with E-state index in [-0.39, 0.29) is 30.7 Å². The lowest BCUT2D eigenvalue weighted by Gasteiger charge is -2.34. The lowest BCUT2D eigenvalue weighted by molar-refractivity contribution is -0.123. The van der Waals surface area contributed by atoms with Gasteiger partial charge < -0.3 is 20.5 Å². The van der Waals surface area contributed by atoms with Gasteiger partial charge in [0.15, 0.2) is 0 Å². The molecule has 0 aliphatic carbocycles. The Labute approximate surface area is 176 Å². The van der Waals surface area contributed by atoms with Gasteiger partial charge in [-0.1, -0.05) is 18.2 Å². The number of nitrogen functional groups attached to an aromatic ring is 1. The van der Waals surface area contributed by atoms with E-state index in [0.29, 0.717) is 49.0 Å². The van der Waals surface area contributed by atoms with Gasteiger partial charge in [-0.2, -0.15) is 0 Å². The van der Waals surface area contributed by atoms with Gasteiger partial charge in [0, 0.05) is 24.3 Å². The van der Waals surface area contributed by atoms with E-state index in [2.05, 4.69) is 5.32 Å². The number of anilines is 2. The van der Waals surface area contributed by atoms with Crippen molar-refractivity contribution in [2.45, 2.75) is 6.04 Å². The number of carbonyl (C=O) groups excluding carboxylic acids is 1. The number of hydrogen-bond acceptors (Lipinski definition) is 5. The molecule has 1 saturated heterocycles. The summed E-state index contributed by atoms with van der Waals surface area (Å²) in [7, 11) is 1.52. The van der Waals surface area contributed by atoms with Gasteiger partial charge in [0.2, 0.25) is 5.91 Å². The molecular formula is C19H24Cl2FN3O3. The van der Waals surface area contributed by atoms with E-state index < -0.39 is 11.9 Å². The summed E-state index contributed by atoms with van der Waals surface area (Å²) in [4.78, 5) is 14.9. The summed E-state index contributed by atoms with van der Waals surface area (Å²) < 4.78 is 24.9. The van der Waals surface area contributed by atoms with E-state index in [1.807, 2.05) is 4.90 Å². The average Bonchev–Trinajstić information content (AvgIpc) is 2.65. The van der Waals surface area contributed by atoms with Gasteiger partial charge in [0.05, 0.1) is 26.0 Å². The zero-order chi connectivity index (χ0) is 18.5. The summed E-state index contributed by atoms with van der Waals surface area (Å²) >= 11 is 0. The number of halogens is 3. The predicted molar refractivity (Wildman–Crippen MR) is 112 cm³/mol. The van der Waals surface area contributed by atoms with Crippen LogP contribution in [-0.4, -0.2) is 44.2 Å². The van der Waals surface area contributed by atoms with Gasteiger partial charge >= 0.3 is 0 Å². The predicted octanol–water partition coefficient (Wildman–Crippen LogP) is 3.27. The molecule has 28 heavy (non-hydrogen) atoms. The second-order valence-electron chi connectivity index (χ2n) is 6.02. The van der Waals surface area contributed by atoms with Gasteiger partial charge in [-0.25, -0.2) is 4.39 Å². The van der Waals surface area contributed by atoms with Crippen molar-refractivity contribution in [3.63, 3.8) is 0 Å². The van der Waals surface area contributed by atoms with Crippen LogP contribution in [0.2, 0.25) is 0 Å². The van der Waals surface area contributed by atoms with Crippen LogP contribution in [0.15, 0.2) is 42.5 Å². The molecule has 6 nitrogen and oxygen atoms in total. The minimum absolute atomic E-state index is 0. The number of benzene rings is 2. The van der Waals surface area contributed by atoms with Crippen molar-refractivity contribution < 1.29 is 18.7 Å². The summed E-state index contributed by atoms with van der Waals surface area (Å²) in [5, 5.41) is 2.83. The number of carbonyl (C=O) groups is 1. The maximum atomic E-state index is 14.4. The molecule has 0 radical (unpaired) electrons. The highest BCUT2D eigenvalue weighted by Crippen LogP contribution is 2.28. The SMILES string of the molecule is COc1ccc(NC(=O)C(c2ccccc2F)N2CCOCC2)cc1N.Cl.Cl. The van der Waals surface area contributed by atoms with Gasteiger partial charge in [0.1, 0.15) is 17.6 Å². The van der Waals surface area contributed by atoms with Crippen LogP contribution in [0, 0.1) is 5.82 Å². The first-order chi connectivity index (χ1) is 12.6. The molecule has 0 aromatic heterocycles. The van der Waals surface area contributed by atoms with E-state index in [1.54, 1.807) is 36.4 Å². The van der Waals surface area contributed by atoms with Crippen molar-refractivity contribution in [3.05, 3.63) is 53.8 Å². The number of morpholine rings is 1. The number of methoxy groups -OCH3 is 1. The molecule has 1 heterocycles. The normalized spacial score (nSPS) is 14.9. The Morgan fingerprint density at radius 1 is 1.21 bits per heavy atom. The molecule has 154 valence electrons. The third-order valence-corrected chi connectivity index (χ3v) is 4.36. The first-order valence-corrected chi connectivity index (χ1v) is 8.40. The van der Waals surface area contributed by atoms with E-state index in [4.69, 9.17) is 15.2 Å². The summed E-state index contributed by atoms with van der Waals surface area (Å²) in [6.45, 7) is 2.12. The van der Waals surface area contributed by atoms with E-state index in [1.165, 1.54) is 13.2 Å². The van der Waals surface area contributed by atoms with Crippen LogP contribution in [0.4, 0.5) is 15.8 Å². The molecule has 3 rings (SSSR count). The highest BCUT2D eigenvalue weighted by molar-refractivity contribution is 5.96. The summed E-state index contributed by atoms with van der Waals surface area (Å²) in [6, 6.07) is 10.6. The number of amides is 1. The Hall–Kier alpha value is -2.06. The number of nitrogens with one attached hydrogen (secondary N) is 1. The van der Waals surface area contributed by atoms with Crippen molar-refractivity contribution in [1.29, 1.82) is 0 Å². The van der Waals surface area contributed by atoms with Crippen molar-refractivity contribution >= 4 is 42.1 Å². The maximum absolute atomic E-state index is 14.4. The van der Waals surface area contributed by atoms with Crippen LogP contribution in [0.5, 0.6) is 5.75 Å². The molecule has 1 amide bonds. The lowest BCUT2D eigenvalue weighted by Crippen LogP contribution is -2.44. The molecule has 0 bridgehead atoms. The molecule has 0 spiro atoms. The first kappa shape index (κ1) is 24.0. The van der Waals surface area contributed by atoms with Crippen LogP contribution >= 0.6 is 24.8 Å². The summed E-state index contributed by atoms with van der Waals surface area (Å²) in [5.41, 5.74) is 7.19. The van der Waals surface area contributed by atoms with Gasteiger partial charge in [0.25, 0.3) is 0 Å². The number of hydrogen-bond donors (Lipinski definition) is 2. The Kier molecular flexibility index (Phi) is 9.48. The molecule has 1 unspecified atom stereocenters. The van der Waals surface area contributed by atoms with Crippen molar-refractivity contribution in [1.82, 2.24) is 4.90 Å². The number of rotatable bonds is 5. The molecule has 0 saturated carbocycles. The molecule has 9 heteroatoms. The first-order valence-electron chi connectivity index (χ1n) is 8.40. The minimum atomic E-state index is -0.747. The second-order valence-corrected chi connectivity index (χ2v) is 6.02. The van der Waals surface area contributed by atoms with Gasteiger partial charge in [-0.3, -0.25) is 9.69 Å². The zero-order valence-corrected chi connectivity index (χ0v) is 17.0. The summed E-state index contributed by atoms with van der Waals surface area (Å²) in [6.07, 6.45) is 0. The number of nitrogens with zero attached hydrogens (tertiary/aromatic N) is 1. The highest BCUT2D eigenvalue weighted by atomic mass is 35.5. The molecular weight excluding hydrogens is 408 g/mol. The molecule has 2 aromatic rings. The minimum Gasteiger partial charge on any atom is -0.495 e. The van der Waals surface area contributed by atoms with E-state index in [0.717, 1.165) is 0 Å². The molecule has 1 atom stereocenters. The van der Waals surface area contributed by atoms with E-state index >= 15 is 0 Å². The third kappa shape index (κ3) is 5.48. The maximum Gasteiger partial charge on any atom is 0.246 e. The van der Waals surface area contributed by atoms with Crippen molar-refractivity contribution in [2.75, 3.05) is 44.5 Å². The van der Waals surface area contributed by atoms with Crippen LogP contribution < -0.4 is 15.8 Å². The fraction of sp³-hybridized carbons (Fsp3) is 0.316. The summed E-state index contributed by atoms with van der Waals surface area (Å²) in [5.74, 6) is -0.197. The van der Waals surface area contributed by atoms with Gasteiger partial charge in [-0.15, -0.1) is 24.8 Å². The fourth-order valence-corrected chi connectivity index (χ4v) is 3.06. The monoisotopic (exact) mass is 431 g/mol. The van der Waals surface area contributed by atoms with Gasteiger partial charge in [-0.05, 0) is 24.3 Å². The zero-order valence-electron chi connectivity index (χ0n) is 15.4. The average molecular weight is 432 g/mol. The van der Waals surface area contributed by atoms with Crippen LogP contribution in [-0.2, 0) is 9.53 Å². The Morgan fingerprint density at radius 3 is 2.50 bits per heavy atom. The van der Waals surface area contributed by atoms with Crippen LogP contribution in [0.25, 0.3) is 0 Å². The fourth-order valence-electron chi connectivity index (χ4n) is 3.06. The second kappa shape index (κ2) is 11.1. The molecule has 1 fully saturated rings.